The second kappa shape index (κ2) is 7.21. The molecule has 2 unspecified atom stereocenters. The first kappa shape index (κ1) is 13.9. The smallest absolute Gasteiger partial charge is 0.0636 e. The van der Waals surface area contributed by atoms with Crippen LogP contribution in [0.5, 0.6) is 0 Å². The molecule has 0 bridgehead atoms. The predicted molar refractivity (Wildman–Crippen MR) is 72.3 cm³/mol. The van der Waals surface area contributed by atoms with Crippen molar-refractivity contribution in [2.45, 2.75) is 37.7 Å². The lowest BCUT2D eigenvalue weighted by Crippen LogP contribution is -2.13. The molecule has 0 spiro atoms. The highest BCUT2D eigenvalue weighted by molar-refractivity contribution is 7.99. The van der Waals surface area contributed by atoms with Crippen LogP contribution in [0.25, 0.3) is 0 Å². The van der Waals surface area contributed by atoms with E-state index in [1.54, 1.807) is 11.8 Å². The van der Waals surface area contributed by atoms with Crippen molar-refractivity contribution in [2.75, 3.05) is 5.75 Å². The van der Waals surface area contributed by atoms with Crippen molar-refractivity contribution in [1.82, 2.24) is 0 Å². The zero-order valence-electron chi connectivity index (χ0n) is 9.82. The molecule has 0 aliphatic rings. The normalized spacial score (nSPS) is 14.8. The molecule has 0 heterocycles. The third kappa shape index (κ3) is 5.24. The fraction of sp³-hybridized carbons (Fsp3) is 0.538. The fourth-order valence-electron chi connectivity index (χ4n) is 1.42. The largest absolute Gasteiger partial charge is 0.392 e. The van der Waals surface area contributed by atoms with Gasteiger partial charge in [0.05, 0.1) is 6.10 Å². The van der Waals surface area contributed by atoms with E-state index in [2.05, 4.69) is 13.8 Å². The molecule has 0 aliphatic carbocycles. The highest BCUT2D eigenvalue weighted by Gasteiger charge is 2.09. The lowest BCUT2D eigenvalue weighted by Gasteiger charge is -2.14. The van der Waals surface area contributed by atoms with Gasteiger partial charge in [0, 0.05) is 15.7 Å². The second-order valence-electron chi connectivity index (χ2n) is 4.17. The van der Waals surface area contributed by atoms with Crippen LogP contribution in [-0.2, 0) is 0 Å². The maximum Gasteiger partial charge on any atom is 0.0636 e. The molecule has 0 aliphatic heterocycles. The van der Waals surface area contributed by atoms with Crippen LogP contribution in [0.3, 0.4) is 0 Å². The number of aliphatic hydroxyl groups is 1. The average molecular weight is 259 g/mol. The minimum Gasteiger partial charge on any atom is -0.392 e. The summed E-state index contributed by atoms with van der Waals surface area (Å²) in [6, 6.07) is 7.74. The Bertz CT molecular complexity index is 299. The summed E-state index contributed by atoms with van der Waals surface area (Å²) in [6.07, 6.45) is 1.80. The van der Waals surface area contributed by atoms with Crippen molar-refractivity contribution >= 4 is 23.4 Å². The molecule has 0 aromatic heterocycles. The van der Waals surface area contributed by atoms with Crippen molar-refractivity contribution in [3.8, 4) is 0 Å². The van der Waals surface area contributed by atoms with E-state index in [9.17, 15) is 5.11 Å². The summed E-state index contributed by atoms with van der Waals surface area (Å²) in [5.74, 6) is 1.35. The van der Waals surface area contributed by atoms with E-state index in [-0.39, 0.29) is 6.10 Å². The number of aliphatic hydroxyl groups excluding tert-OH is 1. The van der Waals surface area contributed by atoms with Crippen molar-refractivity contribution in [2.24, 2.45) is 5.92 Å². The minimum absolute atomic E-state index is 0.212. The standard InChI is InChI=1S/C13H19ClOS/c1-3-10(2)8-12(15)9-16-13-6-4-11(14)5-7-13/h4-7,10,12,15H,3,8-9H2,1-2H3. The highest BCUT2D eigenvalue weighted by Crippen LogP contribution is 2.22. The first-order chi connectivity index (χ1) is 7.61. The molecular formula is C13H19ClOS. The lowest BCUT2D eigenvalue weighted by molar-refractivity contribution is 0.167. The molecule has 0 saturated carbocycles. The van der Waals surface area contributed by atoms with E-state index in [4.69, 9.17) is 11.6 Å². The van der Waals surface area contributed by atoms with E-state index in [0.717, 1.165) is 28.5 Å². The van der Waals surface area contributed by atoms with Gasteiger partial charge < -0.3 is 5.11 Å². The van der Waals surface area contributed by atoms with Crippen molar-refractivity contribution in [3.05, 3.63) is 29.3 Å². The fourth-order valence-corrected chi connectivity index (χ4v) is 2.40. The van der Waals surface area contributed by atoms with Gasteiger partial charge in [-0.3, -0.25) is 0 Å². The lowest BCUT2D eigenvalue weighted by atomic mass is 10.0. The molecule has 0 saturated heterocycles. The van der Waals surface area contributed by atoms with Gasteiger partial charge in [0.2, 0.25) is 0 Å². The van der Waals surface area contributed by atoms with E-state index in [1.165, 1.54) is 0 Å². The number of rotatable bonds is 6. The number of hydrogen-bond donors (Lipinski definition) is 1. The third-order valence-electron chi connectivity index (χ3n) is 2.63. The molecule has 0 amide bonds. The van der Waals surface area contributed by atoms with Crippen LogP contribution in [0.1, 0.15) is 26.7 Å². The summed E-state index contributed by atoms with van der Waals surface area (Å²) < 4.78 is 0. The maximum absolute atomic E-state index is 9.82. The Kier molecular flexibility index (Phi) is 6.25. The number of halogens is 1. The molecule has 16 heavy (non-hydrogen) atoms. The van der Waals surface area contributed by atoms with E-state index < -0.39 is 0 Å². The van der Waals surface area contributed by atoms with E-state index in [1.807, 2.05) is 24.3 Å². The molecule has 2 atom stereocenters. The van der Waals surface area contributed by atoms with E-state index in [0.29, 0.717) is 5.92 Å². The van der Waals surface area contributed by atoms with Gasteiger partial charge in [0.25, 0.3) is 0 Å². The Morgan fingerprint density at radius 1 is 1.31 bits per heavy atom. The molecular weight excluding hydrogens is 240 g/mol. The molecule has 90 valence electrons. The molecule has 0 radical (unpaired) electrons. The Hall–Kier alpha value is -0.180. The quantitative estimate of drug-likeness (QED) is 0.771. The van der Waals surface area contributed by atoms with Gasteiger partial charge in [-0.15, -0.1) is 11.8 Å². The SMILES string of the molecule is CCC(C)CC(O)CSc1ccc(Cl)cc1. The van der Waals surface area contributed by atoms with Gasteiger partial charge in [-0.05, 0) is 36.6 Å². The van der Waals surface area contributed by atoms with Crippen LogP contribution in [-0.4, -0.2) is 17.0 Å². The topological polar surface area (TPSA) is 20.2 Å². The van der Waals surface area contributed by atoms with Gasteiger partial charge in [0.15, 0.2) is 0 Å². The number of thioether (sulfide) groups is 1. The molecule has 0 fully saturated rings. The van der Waals surface area contributed by atoms with E-state index >= 15 is 0 Å². The number of benzene rings is 1. The van der Waals surface area contributed by atoms with Gasteiger partial charge in [-0.2, -0.15) is 0 Å². The zero-order chi connectivity index (χ0) is 12.0. The average Bonchev–Trinajstić information content (AvgIpc) is 2.28. The maximum atomic E-state index is 9.82. The van der Waals surface area contributed by atoms with Crippen LogP contribution in [0.15, 0.2) is 29.2 Å². The molecule has 1 aromatic rings. The highest BCUT2D eigenvalue weighted by atomic mass is 35.5. The Balaban J connectivity index is 2.31. The van der Waals surface area contributed by atoms with Crippen LogP contribution < -0.4 is 0 Å². The summed E-state index contributed by atoms with van der Waals surface area (Å²) in [5, 5.41) is 10.6. The van der Waals surface area contributed by atoms with Gasteiger partial charge in [-0.1, -0.05) is 31.9 Å². The first-order valence-corrected chi connectivity index (χ1v) is 7.04. The number of hydrogen-bond acceptors (Lipinski definition) is 2. The van der Waals surface area contributed by atoms with Crippen molar-refractivity contribution < 1.29 is 5.11 Å². The molecule has 1 nitrogen and oxygen atoms in total. The molecule has 1 rings (SSSR count). The zero-order valence-corrected chi connectivity index (χ0v) is 11.4. The molecule has 1 N–H and O–H groups in total. The van der Waals surface area contributed by atoms with Crippen LogP contribution in [0.2, 0.25) is 5.02 Å². The summed E-state index contributed by atoms with van der Waals surface area (Å²) >= 11 is 7.48. The Labute approximate surface area is 107 Å². The predicted octanol–water partition coefficient (Wildman–Crippen LogP) is 4.23. The summed E-state index contributed by atoms with van der Waals surface area (Å²) in [7, 11) is 0. The van der Waals surface area contributed by atoms with Crippen LogP contribution in [0.4, 0.5) is 0 Å². The Morgan fingerprint density at radius 2 is 1.94 bits per heavy atom. The van der Waals surface area contributed by atoms with Gasteiger partial charge in [-0.25, -0.2) is 0 Å². The Morgan fingerprint density at radius 3 is 2.50 bits per heavy atom. The molecule has 1 aromatic carbocycles. The summed E-state index contributed by atoms with van der Waals surface area (Å²) in [4.78, 5) is 1.16. The summed E-state index contributed by atoms with van der Waals surface area (Å²) in [5.41, 5.74) is 0. The van der Waals surface area contributed by atoms with Crippen LogP contribution in [0, 0.1) is 5.92 Å². The van der Waals surface area contributed by atoms with Crippen molar-refractivity contribution in [1.29, 1.82) is 0 Å². The van der Waals surface area contributed by atoms with Crippen LogP contribution >= 0.6 is 23.4 Å². The second-order valence-corrected chi connectivity index (χ2v) is 5.70. The summed E-state index contributed by atoms with van der Waals surface area (Å²) in [6.45, 7) is 4.33. The molecule has 3 heteroatoms. The monoisotopic (exact) mass is 258 g/mol. The van der Waals surface area contributed by atoms with Gasteiger partial charge >= 0.3 is 0 Å². The van der Waals surface area contributed by atoms with Crippen molar-refractivity contribution in [3.63, 3.8) is 0 Å². The first-order valence-electron chi connectivity index (χ1n) is 5.68. The van der Waals surface area contributed by atoms with Gasteiger partial charge in [0.1, 0.15) is 0 Å². The third-order valence-corrected chi connectivity index (χ3v) is 4.04. The minimum atomic E-state index is -0.212.